The van der Waals surface area contributed by atoms with Gasteiger partial charge in [-0.15, -0.1) is 12.6 Å². The molecule has 3 nitrogen and oxygen atoms in total. The first-order valence-corrected chi connectivity index (χ1v) is 6.94. The first-order chi connectivity index (χ1) is 9.54. The standard InChI is InChI=1S/C16H18N2OS/c1-12-4-3-5-14(17-12)11-18(2)16(19)10-13-6-8-15(20)9-7-13/h3-9,20H,10-11H2,1-2H3. The zero-order valence-electron chi connectivity index (χ0n) is 11.7. The number of amides is 1. The predicted octanol–water partition coefficient (Wildman–Crippen LogP) is 2.88. The number of rotatable bonds is 4. The van der Waals surface area contributed by atoms with Crippen molar-refractivity contribution in [1.82, 2.24) is 9.88 Å². The monoisotopic (exact) mass is 286 g/mol. The van der Waals surface area contributed by atoms with Crippen LogP contribution in [0.2, 0.25) is 0 Å². The highest BCUT2D eigenvalue weighted by Gasteiger charge is 2.10. The third-order valence-electron chi connectivity index (χ3n) is 3.06. The van der Waals surface area contributed by atoms with Crippen molar-refractivity contribution in [2.75, 3.05) is 7.05 Å². The fourth-order valence-electron chi connectivity index (χ4n) is 1.94. The highest BCUT2D eigenvalue weighted by molar-refractivity contribution is 7.80. The molecule has 0 unspecified atom stereocenters. The maximum absolute atomic E-state index is 12.2. The molecule has 1 aromatic heterocycles. The number of benzene rings is 1. The van der Waals surface area contributed by atoms with E-state index < -0.39 is 0 Å². The van der Waals surface area contributed by atoms with Crippen molar-refractivity contribution in [3.8, 4) is 0 Å². The number of hydrogen-bond donors (Lipinski definition) is 1. The first-order valence-electron chi connectivity index (χ1n) is 6.49. The Labute approximate surface area is 125 Å². The Kier molecular flexibility index (Phi) is 4.79. The summed E-state index contributed by atoms with van der Waals surface area (Å²) in [5.74, 6) is 0.0835. The highest BCUT2D eigenvalue weighted by atomic mass is 32.1. The van der Waals surface area contributed by atoms with Crippen molar-refractivity contribution in [1.29, 1.82) is 0 Å². The van der Waals surface area contributed by atoms with Gasteiger partial charge in [0.05, 0.1) is 18.7 Å². The highest BCUT2D eigenvalue weighted by Crippen LogP contribution is 2.10. The van der Waals surface area contributed by atoms with Crippen LogP contribution < -0.4 is 0 Å². The number of carbonyl (C=O) groups excluding carboxylic acids is 1. The molecular weight excluding hydrogens is 268 g/mol. The van der Waals surface area contributed by atoms with Crippen LogP contribution in [-0.4, -0.2) is 22.8 Å². The number of pyridine rings is 1. The summed E-state index contributed by atoms with van der Waals surface area (Å²) in [5.41, 5.74) is 2.87. The fraction of sp³-hybridized carbons (Fsp3) is 0.250. The van der Waals surface area contributed by atoms with Gasteiger partial charge in [0.1, 0.15) is 0 Å². The van der Waals surface area contributed by atoms with E-state index in [-0.39, 0.29) is 5.91 Å². The number of likely N-dealkylation sites (N-methyl/N-ethyl adjacent to an activating group) is 1. The van der Waals surface area contributed by atoms with Crippen molar-refractivity contribution < 1.29 is 4.79 Å². The average Bonchev–Trinajstić information content (AvgIpc) is 2.41. The summed E-state index contributed by atoms with van der Waals surface area (Å²) in [6, 6.07) is 13.5. The van der Waals surface area contributed by atoms with Crippen LogP contribution in [0.25, 0.3) is 0 Å². The number of aromatic nitrogens is 1. The van der Waals surface area contributed by atoms with Gasteiger partial charge < -0.3 is 4.90 Å². The molecular formula is C16H18N2OS. The molecule has 0 saturated carbocycles. The minimum atomic E-state index is 0.0835. The number of nitrogens with zero attached hydrogens (tertiary/aromatic N) is 2. The molecule has 0 aliphatic rings. The smallest absolute Gasteiger partial charge is 0.227 e. The normalized spacial score (nSPS) is 10.3. The molecule has 1 amide bonds. The van der Waals surface area contributed by atoms with E-state index in [4.69, 9.17) is 0 Å². The fourth-order valence-corrected chi connectivity index (χ4v) is 2.09. The second kappa shape index (κ2) is 6.57. The maximum atomic E-state index is 12.2. The molecule has 20 heavy (non-hydrogen) atoms. The summed E-state index contributed by atoms with van der Waals surface area (Å²) < 4.78 is 0. The molecule has 0 bridgehead atoms. The topological polar surface area (TPSA) is 33.2 Å². The number of carbonyl (C=O) groups is 1. The molecule has 2 aromatic rings. The van der Waals surface area contributed by atoms with Gasteiger partial charge in [0.25, 0.3) is 0 Å². The van der Waals surface area contributed by atoms with Crippen molar-refractivity contribution in [3.63, 3.8) is 0 Å². The van der Waals surface area contributed by atoms with Crippen LogP contribution in [0.5, 0.6) is 0 Å². The van der Waals surface area contributed by atoms with E-state index in [1.807, 2.05) is 49.4 Å². The summed E-state index contributed by atoms with van der Waals surface area (Å²) in [5, 5.41) is 0. The van der Waals surface area contributed by atoms with Crippen molar-refractivity contribution >= 4 is 18.5 Å². The summed E-state index contributed by atoms with van der Waals surface area (Å²) >= 11 is 4.23. The average molecular weight is 286 g/mol. The van der Waals surface area contributed by atoms with Crippen LogP contribution in [0, 0.1) is 6.92 Å². The second-order valence-corrected chi connectivity index (χ2v) is 5.38. The van der Waals surface area contributed by atoms with Gasteiger partial charge in [-0.25, -0.2) is 0 Å². The molecule has 104 valence electrons. The molecule has 0 radical (unpaired) electrons. The lowest BCUT2D eigenvalue weighted by molar-refractivity contribution is -0.129. The number of hydrogen-bond acceptors (Lipinski definition) is 3. The Morgan fingerprint density at radius 2 is 1.90 bits per heavy atom. The van der Waals surface area contributed by atoms with Crippen molar-refractivity contribution in [2.45, 2.75) is 24.8 Å². The lowest BCUT2D eigenvalue weighted by Crippen LogP contribution is -2.28. The Balaban J connectivity index is 1.96. The van der Waals surface area contributed by atoms with Crippen LogP contribution in [0.3, 0.4) is 0 Å². The van der Waals surface area contributed by atoms with Crippen LogP contribution in [-0.2, 0) is 17.8 Å². The van der Waals surface area contributed by atoms with Gasteiger partial charge in [0.2, 0.25) is 5.91 Å². The van der Waals surface area contributed by atoms with Crippen molar-refractivity contribution in [3.05, 3.63) is 59.4 Å². The molecule has 4 heteroatoms. The van der Waals surface area contributed by atoms with E-state index in [1.54, 1.807) is 11.9 Å². The Hall–Kier alpha value is -1.81. The Morgan fingerprint density at radius 3 is 2.55 bits per heavy atom. The third kappa shape index (κ3) is 4.10. The molecule has 2 rings (SSSR count). The predicted molar refractivity (Wildman–Crippen MR) is 82.8 cm³/mol. The zero-order valence-corrected chi connectivity index (χ0v) is 12.6. The van der Waals surface area contributed by atoms with Gasteiger partial charge in [-0.2, -0.15) is 0 Å². The SMILES string of the molecule is Cc1cccc(CN(C)C(=O)Cc2ccc(S)cc2)n1. The van der Waals surface area contributed by atoms with Gasteiger partial charge in [0.15, 0.2) is 0 Å². The van der Waals surface area contributed by atoms with Gasteiger partial charge in [-0.3, -0.25) is 9.78 Å². The van der Waals surface area contributed by atoms with Crippen LogP contribution >= 0.6 is 12.6 Å². The van der Waals surface area contributed by atoms with Crippen LogP contribution in [0.1, 0.15) is 17.0 Å². The van der Waals surface area contributed by atoms with E-state index in [0.29, 0.717) is 13.0 Å². The largest absolute Gasteiger partial charge is 0.340 e. The molecule has 0 N–H and O–H groups in total. The second-order valence-electron chi connectivity index (χ2n) is 4.86. The number of thiol groups is 1. The zero-order chi connectivity index (χ0) is 14.5. The van der Waals surface area contributed by atoms with Gasteiger partial charge in [0, 0.05) is 17.6 Å². The molecule has 1 heterocycles. The minimum Gasteiger partial charge on any atom is -0.340 e. The summed E-state index contributed by atoms with van der Waals surface area (Å²) in [4.78, 5) is 19.2. The molecule has 0 aliphatic carbocycles. The molecule has 0 atom stereocenters. The van der Waals surface area contributed by atoms with E-state index in [2.05, 4.69) is 17.6 Å². The molecule has 0 spiro atoms. The molecule has 0 saturated heterocycles. The number of aryl methyl sites for hydroxylation is 1. The van der Waals surface area contributed by atoms with E-state index in [9.17, 15) is 4.79 Å². The Morgan fingerprint density at radius 1 is 1.20 bits per heavy atom. The van der Waals surface area contributed by atoms with Crippen molar-refractivity contribution in [2.24, 2.45) is 0 Å². The van der Waals surface area contributed by atoms with E-state index in [0.717, 1.165) is 21.8 Å². The van der Waals surface area contributed by atoms with Crippen LogP contribution in [0.4, 0.5) is 0 Å². The third-order valence-corrected chi connectivity index (χ3v) is 3.36. The maximum Gasteiger partial charge on any atom is 0.227 e. The molecule has 0 aliphatic heterocycles. The van der Waals surface area contributed by atoms with E-state index in [1.165, 1.54) is 0 Å². The lowest BCUT2D eigenvalue weighted by atomic mass is 10.1. The summed E-state index contributed by atoms with van der Waals surface area (Å²) in [6.07, 6.45) is 0.399. The summed E-state index contributed by atoms with van der Waals surface area (Å²) in [6.45, 7) is 2.48. The Bertz CT molecular complexity index is 596. The van der Waals surface area contributed by atoms with E-state index >= 15 is 0 Å². The molecule has 0 fully saturated rings. The first kappa shape index (κ1) is 14.6. The van der Waals surface area contributed by atoms with Crippen LogP contribution in [0.15, 0.2) is 47.4 Å². The lowest BCUT2D eigenvalue weighted by Gasteiger charge is -2.17. The minimum absolute atomic E-state index is 0.0835. The van der Waals surface area contributed by atoms with Gasteiger partial charge in [-0.05, 0) is 36.8 Å². The van der Waals surface area contributed by atoms with Gasteiger partial charge in [-0.1, -0.05) is 18.2 Å². The van der Waals surface area contributed by atoms with Gasteiger partial charge >= 0.3 is 0 Å². The molecule has 1 aromatic carbocycles. The summed E-state index contributed by atoms with van der Waals surface area (Å²) in [7, 11) is 1.80. The quantitative estimate of drug-likeness (QED) is 0.877.